The molecule has 3 rings (SSSR count). The van der Waals surface area contributed by atoms with Crippen molar-refractivity contribution >= 4 is 29.1 Å². The van der Waals surface area contributed by atoms with Gasteiger partial charge < -0.3 is 14.9 Å². The van der Waals surface area contributed by atoms with Crippen LogP contribution in [-0.4, -0.2) is 52.8 Å². The third-order valence-corrected chi connectivity index (χ3v) is 5.65. The predicted molar refractivity (Wildman–Crippen MR) is 115 cm³/mol. The smallest absolute Gasteiger partial charge is 0.295 e. The van der Waals surface area contributed by atoms with E-state index in [0.29, 0.717) is 23.7 Å². The maximum atomic E-state index is 13.3. The summed E-state index contributed by atoms with van der Waals surface area (Å²) in [5, 5.41) is 11.4. The molecule has 7 heteroatoms. The molecule has 1 N–H and O–H groups in total. The van der Waals surface area contributed by atoms with Gasteiger partial charge in [-0.3, -0.25) is 9.59 Å². The molecular weight excluding hydrogens is 407 g/mol. The van der Waals surface area contributed by atoms with Crippen LogP contribution in [0.15, 0.2) is 54.1 Å². The third-order valence-electron chi connectivity index (χ3n) is 5.39. The van der Waals surface area contributed by atoms with Gasteiger partial charge in [0.25, 0.3) is 11.7 Å². The highest BCUT2D eigenvalue weighted by atomic mass is 35.5. The van der Waals surface area contributed by atoms with Crippen molar-refractivity contribution in [2.45, 2.75) is 19.9 Å². The zero-order chi connectivity index (χ0) is 21.8. The molecule has 30 heavy (non-hydrogen) atoms. The second kappa shape index (κ2) is 9.41. The first kappa shape index (κ1) is 22.0. The molecule has 5 nitrogen and oxygen atoms in total. The van der Waals surface area contributed by atoms with E-state index in [1.165, 1.54) is 29.2 Å². The lowest BCUT2D eigenvalue weighted by Crippen LogP contribution is -2.38. The van der Waals surface area contributed by atoms with E-state index in [4.69, 9.17) is 11.6 Å². The summed E-state index contributed by atoms with van der Waals surface area (Å²) in [6.07, 6.45) is 0. The fourth-order valence-electron chi connectivity index (χ4n) is 3.65. The molecule has 158 valence electrons. The van der Waals surface area contributed by atoms with Crippen molar-refractivity contribution < 1.29 is 19.1 Å². The quantitative estimate of drug-likeness (QED) is 0.405. The van der Waals surface area contributed by atoms with Crippen LogP contribution < -0.4 is 0 Å². The number of carbonyl (C=O) groups is 2. The Labute approximate surface area is 180 Å². The summed E-state index contributed by atoms with van der Waals surface area (Å²) in [7, 11) is 0. The summed E-state index contributed by atoms with van der Waals surface area (Å²) in [6, 6.07) is 11.2. The topological polar surface area (TPSA) is 60.9 Å². The van der Waals surface area contributed by atoms with Gasteiger partial charge in [-0.25, -0.2) is 4.39 Å². The Morgan fingerprint density at radius 3 is 2.23 bits per heavy atom. The molecule has 1 amide bonds. The van der Waals surface area contributed by atoms with E-state index in [1.807, 2.05) is 13.8 Å². The number of Topliss-reactive ketones (excluding diaryl/α,β-unsaturated/α-hetero) is 1. The molecule has 2 aromatic rings. The summed E-state index contributed by atoms with van der Waals surface area (Å²) >= 11 is 6.01. The molecule has 0 aliphatic carbocycles. The SMILES string of the molecule is CCN(CC)CCN1C(=O)C(=O)/C(=C(\O)c2ccc(F)cc2)C1c1ccc(Cl)cc1. The minimum Gasteiger partial charge on any atom is -0.507 e. The average molecular weight is 431 g/mol. The molecule has 1 aliphatic rings. The van der Waals surface area contributed by atoms with Crippen molar-refractivity contribution in [1.82, 2.24) is 9.80 Å². The molecule has 2 aromatic carbocycles. The van der Waals surface area contributed by atoms with Crippen molar-refractivity contribution in [2.75, 3.05) is 26.2 Å². The van der Waals surface area contributed by atoms with E-state index < -0.39 is 23.5 Å². The summed E-state index contributed by atoms with van der Waals surface area (Å²) in [5.74, 6) is -2.19. The van der Waals surface area contributed by atoms with Crippen LogP contribution in [0.4, 0.5) is 4.39 Å². The van der Waals surface area contributed by atoms with E-state index in [1.54, 1.807) is 24.3 Å². The number of hydrogen-bond donors (Lipinski definition) is 1. The Morgan fingerprint density at radius 2 is 1.67 bits per heavy atom. The van der Waals surface area contributed by atoms with Crippen molar-refractivity contribution in [1.29, 1.82) is 0 Å². The van der Waals surface area contributed by atoms with Gasteiger partial charge >= 0.3 is 0 Å². The normalized spacial score (nSPS) is 18.4. The molecule has 0 saturated carbocycles. The van der Waals surface area contributed by atoms with Crippen LogP contribution in [0.1, 0.15) is 31.0 Å². The molecule has 0 aromatic heterocycles. The zero-order valence-corrected chi connectivity index (χ0v) is 17.7. The Bertz CT molecular complexity index is 953. The van der Waals surface area contributed by atoms with Crippen LogP contribution in [0.3, 0.4) is 0 Å². The highest BCUT2D eigenvalue weighted by molar-refractivity contribution is 6.46. The zero-order valence-electron chi connectivity index (χ0n) is 16.9. The maximum absolute atomic E-state index is 13.3. The van der Waals surface area contributed by atoms with Gasteiger partial charge in [-0.1, -0.05) is 37.6 Å². The van der Waals surface area contributed by atoms with E-state index in [0.717, 1.165) is 13.1 Å². The highest BCUT2D eigenvalue weighted by Gasteiger charge is 2.45. The van der Waals surface area contributed by atoms with Crippen molar-refractivity contribution in [2.24, 2.45) is 0 Å². The second-order valence-corrected chi connectivity index (χ2v) is 7.51. The number of aliphatic hydroxyl groups excluding tert-OH is 1. The van der Waals surface area contributed by atoms with Crippen molar-refractivity contribution in [3.63, 3.8) is 0 Å². The number of ketones is 1. The molecule has 1 atom stereocenters. The van der Waals surface area contributed by atoms with Gasteiger partial charge in [-0.15, -0.1) is 0 Å². The summed E-state index contributed by atoms with van der Waals surface area (Å²) in [5.41, 5.74) is 0.937. The number of aliphatic hydroxyl groups is 1. The Hall–Kier alpha value is -2.70. The van der Waals surface area contributed by atoms with Gasteiger partial charge in [-0.2, -0.15) is 0 Å². The minimum atomic E-state index is -0.753. The van der Waals surface area contributed by atoms with Gasteiger partial charge in [0.2, 0.25) is 0 Å². The number of hydrogen-bond acceptors (Lipinski definition) is 4. The predicted octanol–water partition coefficient (Wildman–Crippen LogP) is 4.24. The van der Waals surface area contributed by atoms with E-state index in [9.17, 15) is 19.1 Å². The van der Waals surface area contributed by atoms with Gasteiger partial charge in [0, 0.05) is 23.7 Å². The molecule has 0 bridgehead atoms. The number of benzene rings is 2. The summed E-state index contributed by atoms with van der Waals surface area (Å²) in [6.45, 7) is 6.63. The first-order valence-electron chi connectivity index (χ1n) is 9.89. The van der Waals surface area contributed by atoms with Gasteiger partial charge in [0.05, 0.1) is 11.6 Å². The number of nitrogens with zero attached hydrogens (tertiary/aromatic N) is 2. The molecule has 0 radical (unpaired) electrons. The minimum absolute atomic E-state index is 0.00604. The number of carbonyl (C=O) groups excluding carboxylic acids is 2. The lowest BCUT2D eigenvalue weighted by molar-refractivity contribution is -0.140. The first-order valence-corrected chi connectivity index (χ1v) is 10.3. The second-order valence-electron chi connectivity index (χ2n) is 7.08. The number of likely N-dealkylation sites (N-methyl/N-ethyl adjacent to an activating group) is 1. The van der Waals surface area contributed by atoms with Crippen LogP contribution in [-0.2, 0) is 9.59 Å². The fourth-order valence-corrected chi connectivity index (χ4v) is 3.78. The summed E-state index contributed by atoms with van der Waals surface area (Å²) < 4.78 is 13.3. The number of amides is 1. The van der Waals surface area contributed by atoms with Crippen LogP contribution in [0, 0.1) is 5.82 Å². The number of halogens is 2. The van der Waals surface area contributed by atoms with Crippen LogP contribution in [0.5, 0.6) is 0 Å². The van der Waals surface area contributed by atoms with E-state index in [2.05, 4.69) is 4.90 Å². The molecule has 1 heterocycles. The maximum Gasteiger partial charge on any atom is 0.295 e. The van der Waals surface area contributed by atoms with E-state index >= 15 is 0 Å². The highest BCUT2D eigenvalue weighted by Crippen LogP contribution is 2.39. The summed E-state index contributed by atoms with van der Waals surface area (Å²) in [4.78, 5) is 29.4. The van der Waals surface area contributed by atoms with E-state index in [-0.39, 0.29) is 16.9 Å². The Kier molecular flexibility index (Phi) is 6.90. The molecule has 1 fully saturated rings. The Balaban J connectivity index is 2.08. The fraction of sp³-hybridized carbons (Fsp3) is 0.304. The molecule has 1 unspecified atom stereocenters. The largest absolute Gasteiger partial charge is 0.507 e. The van der Waals surface area contributed by atoms with Gasteiger partial charge in [0.1, 0.15) is 11.6 Å². The van der Waals surface area contributed by atoms with Gasteiger partial charge in [0.15, 0.2) is 0 Å². The van der Waals surface area contributed by atoms with Crippen LogP contribution in [0.25, 0.3) is 5.76 Å². The number of rotatable bonds is 7. The average Bonchev–Trinajstić information content (AvgIpc) is 3.00. The Morgan fingerprint density at radius 1 is 1.07 bits per heavy atom. The lowest BCUT2D eigenvalue weighted by atomic mass is 9.95. The lowest BCUT2D eigenvalue weighted by Gasteiger charge is -2.28. The molecule has 1 aliphatic heterocycles. The first-order chi connectivity index (χ1) is 14.4. The van der Waals surface area contributed by atoms with Crippen molar-refractivity contribution in [3.8, 4) is 0 Å². The van der Waals surface area contributed by atoms with Crippen LogP contribution in [0.2, 0.25) is 5.02 Å². The third kappa shape index (κ3) is 4.40. The molecule has 0 spiro atoms. The molecular formula is C23H24ClFN2O3. The van der Waals surface area contributed by atoms with Gasteiger partial charge in [-0.05, 0) is 55.1 Å². The standard InChI is InChI=1S/C23H24ClFN2O3/c1-3-26(4-2)13-14-27-20(15-5-9-17(24)10-6-15)19(22(29)23(27)30)21(28)16-7-11-18(25)12-8-16/h5-12,20,28H,3-4,13-14H2,1-2H3/b21-19-. The molecule has 1 saturated heterocycles. The van der Waals surface area contributed by atoms with Crippen molar-refractivity contribution in [3.05, 3.63) is 76.1 Å². The number of likely N-dealkylation sites (tertiary alicyclic amines) is 1. The van der Waals surface area contributed by atoms with Crippen LogP contribution >= 0.6 is 11.6 Å². The monoisotopic (exact) mass is 430 g/mol.